The molecule has 1 fully saturated rings. The molecule has 4 rings (SSSR count). The van der Waals surface area contributed by atoms with E-state index < -0.39 is 0 Å². The van der Waals surface area contributed by atoms with E-state index in [-0.39, 0.29) is 5.91 Å². The van der Waals surface area contributed by atoms with Gasteiger partial charge >= 0.3 is 0 Å². The van der Waals surface area contributed by atoms with Crippen molar-refractivity contribution in [3.63, 3.8) is 0 Å². The first-order valence-corrected chi connectivity index (χ1v) is 8.61. The number of hydrogen-bond donors (Lipinski definition) is 0. The Hall–Kier alpha value is -1.80. The molecule has 1 amide bonds. The second-order valence-corrected chi connectivity index (χ2v) is 7.01. The highest BCUT2D eigenvalue weighted by molar-refractivity contribution is 9.10. The normalized spacial score (nSPS) is 14.9. The van der Waals surface area contributed by atoms with Crippen LogP contribution >= 0.6 is 27.3 Å². The third-order valence-electron chi connectivity index (χ3n) is 3.65. The second kappa shape index (κ2) is 5.44. The fraction of sp³-hybridized carbons (Fsp3) is 0.286. The molecule has 0 spiro atoms. The summed E-state index contributed by atoms with van der Waals surface area (Å²) in [4.78, 5) is 14.9. The van der Waals surface area contributed by atoms with E-state index in [1.165, 1.54) is 11.3 Å². The Bertz CT molecular complexity index is 852. The van der Waals surface area contributed by atoms with Crippen molar-refractivity contribution >= 4 is 38.1 Å². The van der Waals surface area contributed by atoms with Crippen molar-refractivity contribution in [1.29, 1.82) is 0 Å². The minimum absolute atomic E-state index is 0.0870. The van der Waals surface area contributed by atoms with E-state index >= 15 is 0 Å². The average Bonchev–Trinajstić information content (AvgIpc) is 3.23. The summed E-state index contributed by atoms with van der Waals surface area (Å²) in [6.07, 6.45) is 2.10. The molecule has 6 nitrogen and oxygen atoms in total. The lowest BCUT2D eigenvalue weighted by atomic mass is 10.2. The predicted molar refractivity (Wildman–Crippen MR) is 86.9 cm³/mol. The first-order valence-electron chi connectivity index (χ1n) is 7.00. The van der Waals surface area contributed by atoms with Gasteiger partial charge in [-0.1, -0.05) is 39.4 Å². The molecule has 0 unspecified atom stereocenters. The van der Waals surface area contributed by atoms with Crippen LogP contribution in [0.5, 0.6) is 0 Å². The Balaban J connectivity index is 1.74. The van der Waals surface area contributed by atoms with E-state index in [9.17, 15) is 4.79 Å². The lowest BCUT2D eigenvalue weighted by Gasteiger charge is -2.12. The largest absolute Gasteiger partial charge is 0.336 e. The number of hydrogen-bond acceptors (Lipinski definition) is 5. The van der Waals surface area contributed by atoms with Gasteiger partial charge in [0.25, 0.3) is 5.91 Å². The predicted octanol–water partition coefficient (Wildman–Crippen LogP) is 2.85. The number of aromatic nitrogens is 4. The van der Waals surface area contributed by atoms with E-state index in [2.05, 4.69) is 31.2 Å². The molecule has 22 heavy (non-hydrogen) atoms. The van der Waals surface area contributed by atoms with Gasteiger partial charge in [0.2, 0.25) is 10.8 Å². The van der Waals surface area contributed by atoms with Gasteiger partial charge in [-0.2, -0.15) is 9.61 Å². The molecule has 0 aliphatic carbocycles. The van der Waals surface area contributed by atoms with Crippen molar-refractivity contribution in [2.45, 2.75) is 12.8 Å². The Kier molecular flexibility index (Phi) is 3.42. The van der Waals surface area contributed by atoms with Crippen molar-refractivity contribution in [2.75, 3.05) is 13.1 Å². The average molecular weight is 378 g/mol. The summed E-state index contributed by atoms with van der Waals surface area (Å²) < 4.78 is 2.55. The van der Waals surface area contributed by atoms with Crippen molar-refractivity contribution in [3.05, 3.63) is 34.6 Å². The SMILES string of the molecule is O=C(c1nnc2sc(-c3cccc(Br)c3)nn12)N1CCCC1. The zero-order chi connectivity index (χ0) is 15.1. The van der Waals surface area contributed by atoms with Gasteiger partial charge < -0.3 is 4.90 Å². The van der Waals surface area contributed by atoms with Gasteiger partial charge in [-0.05, 0) is 25.0 Å². The second-order valence-electron chi connectivity index (χ2n) is 5.13. The molecule has 112 valence electrons. The Morgan fingerprint density at radius 3 is 2.82 bits per heavy atom. The molecule has 0 atom stereocenters. The van der Waals surface area contributed by atoms with Crippen LogP contribution in [0.1, 0.15) is 23.5 Å². The highest BCUT2D eigenvalue weighted by Gasteiger charge is 2.25. The molecule has 3 aromatic rings. The topological polar surface area (TPSA) is 63.4 Å². The molecular formula is C14H12BrN5OS. The zero-order valence-corrected chi connectivity index (χ0v) is 14.0. The Labute approximate surface area is 138 Å². The van der Waals surface area contributed by atoms with Crippen LogP contribution in [0.15, 0.2) is 28.7 Å². The number of fused-ring (bicyclic) bond motifs is 1. The number of halogens is 1. The van der Waals surface area contributed by atoms with Crippen molar-refractivity contribution in [1.82, 2.24) is 24.7 Å². The number of carbonyl (C=O) groups is 1. The molecule has 0 saturated carbocycles. The summed E-state index contributed by atoms with van der Waals surface area (Å²) in [5.74, 6) is 0.213. The van der Waals surface area contributed by atoms with Gasteiger partial charge in [-0.3, -0.25) is 4.79 Å². The molecule has 8 heteroatoms. The van der Waals surface area contributed by atoms with Gasteiger partial charge in [0.1, 0.15) is 5.01 Å². The zero-order valence-electron chi connectivity index (χ0n) is 11.6. The molecule has 0 bridgehead atoms. The molecular weight excluding hydrogens is 366 g/mol. The van der Waals surface area contributed by atoms with Crippen molar-refractivity contribution < 1.29 is 4.79 Å². The maximum atomic E-state index is 12.5. The van der Waals surface area contributed by atoms with Gasteiger partial charge in [0.15, 0.2) is 0 Å². The summed E-state index contributed by atoms with van der Waals surface area (Å²) in [5, 5.41) is 13.4. The van der Waals surface area contributed by atoms with Gasteiger partial charge in [-0.25, -0.2) is 0 Å². The number of likely N-dealkylation sites (tertiary alicyclic amines) is 1. The molecule has 0 N–H and O–H groups in total. The van der Waals surface area contributed by atoms with Gasteiger partial charge in [-0.15, -0.1) is 10.2 Å². The van der Waals surface area contributed by atoms with Crippen molar-refractivity contribution in [3.8, 4) is 10.6 Å². The van der Waals surface area contributed by atoms with Crippen molar-refractivity contribution in [2.24, 2.45) is 0 Å². The van der Waals surface area contributed by atoms with Crippen LogP contribution in [0.4, 0.5) is 0 Å². The number of rotatable bonds is 2. The highest BCUT2D eigenvalue weighted by atomic mass is 79.9. The van der Waals surface area contributed by atoms with Gasteiger partial charge in [0, 0.05) is 23.1 Å². The summed E-state index contributed by atoms with van der Waals surface area (Å²) in [5.41, 5.74) is 0.990. The van der Waals surface area contributed by atoms with E-state index in [1.54, 1.807) is 4.52 Å². The fourth-order valence-corrected chi connectivity index (χ4v) is 3.78. The van der Waals surface area contributed by atoms with Crippen LogP contribution in [0, 0.1) is 0 Å². The number of amides is 1. The third kappa shape index (κ3) is 2.32. The van der Waals surface area contributed by atoms with Crippen LogP contribution in [-0.2, 0) is 0 Å². The minimum atomic E-state index is -0.0870. The molecule has 1 saturated heterocycles. The number of benzene rings is 1. The minimum Gasteiger partial charge on any atom is -0.336 e. The number of carbonyl (C=O) groups excluding carboxylic acids is 1. The maximum Gasteiger partial charge on any atom is 0.293 e. The van der Waals surface area contributed by atoms with E-state index in [0.29, 0.717) is 10.8 Å². The van der Waals surface area contributed by atoms with E-state index in [0.717, 1.165) is 41.0 Å². The lowest BCUT2D eigenvalue weighted by molar-refractivity contribution is 0.0778. The van der Waals surface area contributed by atoms with Gasteiger partial charge in [0.05, 0.1) is 0 Å². The monoisotopic (exact) mass is 377 g/mol. The van der Waals surface area contributed by atoms with Crippen LogP contribution < -0.4 is 0 Å². The lowest BCUT2D eigenvalue weighted by Crippen LogP contribution is -2.29. The third-order valence-corrected chi connectivity index (χ3v) is 5.09. The van der Waals surface area contributed by atoms with E-state index in [1.807, 2.05) is 29.2 Å². The Morgan fingerprint density at radius 2 is 2.05 bits per heavy atom. The van der Waals surface area contributed by atoms with Crippen LogP contribution in [-0.4, -0.2) is 43.7 Å². The van der Waals surface area contributed by atoms with Crippen LogP contribution in [0.2, 0.25) is 0 Å². The quantitative estimate of drug-likeness (QED) is 0.688. The van der Waals surface area contributed by atoms with Crippen LogP contribution in [0.3, 0.4) is 0 Å². The summed E-state index contributed by atoms with van der Waals surface area (Å²) in [6.45, 7) is 1.58. The maximum absolute atomic E-state index is 12.5. The summed E-state index contributed by atoms with van der Waals surface area (Å²) in [7, 11) is 0. The molecule has 1 aromatic carbocycles. The number of nitrogens with zero attached hydrogens (tertiary/aromatic N) is 5. The molecule has 0 radical (unpaired) electrons. The smallest absolute Gasteiger partial charge is 0.293 e. The molecule has 2 aromatic heterocycles. The highest BCUT2D eigenvalue weighted by Crippen LogP contribution is 2.27. The standard InChI is InChI=1S/C14H12BrN5OS/c15-10-5-3-4-9(8-10)12-18-20-11(16-17-14(20)22-12)13(21)19-6-1-2-7-19/h3-5,8H,1-2,6-7H2. The fourth-order valence-electron chi connectivity index (χ4n) is 2.55. The summed E-state index contributed by atoms with van der Waals surface area (Å²) >= 11 is 4.88. The first kappa shape index (κ1) is 13.8. The van der Waals surface area contributed by atoms with E-state index in [4.69, 9.17) is 0 Å². The molecule has 3 heterocycles. The summed E-state index contributed by atoms with van der Waals surface area (Å²) in [6, 6.07) is 7.90. The van der Waals surface area contributed by atoms with Crippen LogP contribution in [0.25, 0.3) is 15.5 Å². The first-order chi connectivity index (χ1) is 10.7. The Morgan fingerprint density at radius 1 is 1.23 bits per heavy atom. The molecule has 1 aliphatic heterocycles. The molecule has 1 aliphatic rings.